The minimum absolute atomic E-state index is 0.0344. The average molecular weight is 314 g/mol. The molecule has 1 fully saturated rings. The van der Waals surface area contributed by atoms with E-state index in [0.29, 0.717) is 18.9 Å². The molecular weight excluding hydrogens is 301 g/mol. The van der Waals surface area contributed by atoms with E-state index in [1.165, 1.54) is 6.07 Å². The molecule has 10 heteroatoms. The molecule has 22 heavy (non-hydrogen) atoms. The van der Waals surface area contributed by atoms with Crippen molar-refractivity contribution >= 4 is 5.82 Å². The monoisotopic (exact) mass is 314 g/mol. The molecule has 2 atom stereocenters. The molecular formula is C12H13F3N6O. The zero-order chi connectivity index (χ0) is 15.7. The molecule has 0 radical (unpaired) electrons. The first kappa shape index (κ1) is 14.7. The van der Waals surface area contributed by atoms with Gasteiger partial charge in [-0.1, -0.05) is 0 Å². The van der Waals surface area contributed by atoms with E-state index >= 15 is 0 Å². The first-order valence-corrected chi connectivity index (χ1v) is 6.53. The summed E-state index contributed by atoms with van der Waals surface area (Å²) in [7, 11) is 1.58. The van der Waals surface area contributed by atoms with Crippen molar-refractivity contribution in [1.82, 2.24) is 25.6 Å². The molecule has 0 amide bonds. The fourth-order valence-corrected chi connectivity index (χ4v) is 2.52. The van der Waals surface area contributed by atoms with E-state index in [1.54, 1.807) is 13.3 Å². The summed E-state index contributed by atoms with van der Waals surface area (Å²) in [6.07, 6.45) is -3.03. The van der Waals surface area contributed by atoms with Crippen LogP contribution in [0.5, 0.6) is 0 Å². The third-order valence-electron chi connectivity index (χ3n) is 3.65. The Bertz CT molecular complexity index is 615. The van der Waals surface area contributed by atoms with Gasteiger partial charge in [0.2, 0.25) is 0 Å². The minimum Gasteiger partial charge on any atom is -0.379 e. The van der Waals surface area contributed by atoms with Crippen LogP contribution in [0.1, 0.15) is 17.3 Å². The Morgan fingerprint density at radius 3 is 2.64 bits per heavy atom. The first-order chi connectivity index (χ1) is 10.5. The molecule has 7 nitrogen and oxygen atoms in total. The molecule has 0 aromatic carbocycles. The van der Waals surface area contributed by atoms with Gasteiger partial charge in [0.15, 0.2) is 11.5 Å². The Kier molecular flexibility index (Phi) is 3.69. The third kappa shape index (κ3) is 2.73. The number of rotatable bonds is 3. The van der Waals surface area contributed by atoms with Gasteiger partial charge in [-0.05, 0) is 12.1 Å². The molecule has 3 heterocycles. The lowest BCUT2D eigenvalue weighted by Crippen LogP contribution is -2.24. The Hall–Kier alpha value is -2.23. The van der Waals surface area contributed by atoms with Gasteiger partial charge >= 0.3 is 6.18 Å². The second kappa shape index (κ2) is 5.52. The highest BCUT2D eigenvalue weighted by atomic mass is 19.4. The van der Waals surface area contributed by atoms with Gasteiger partial charge in [0.05, 0.1) is 23.9 Å². The molecule has 1 N–H and O–H groups in total. The summed E-state index contributed by atoms with van der Waals surface area (Å²) >= 11 is 0. The number of H-pyrrole nitrogens is 1. The van der Waals surface area contributed by atoms with Crippen molar-refractivity contribution in [2.24, 2.45) is 0 Å². The predicted octanol–water partition coefficient (Wildman–Crippen LogP) is 1.23. The second-order valence-electron chi connectivity index (χ2n) is 4.96. The molecule has 2 aromatic rings. The Morgan fingerprint density at radius 1 is 1.27 bits per heavy atom. The fourth-order valence-electron chi connectivity index (χ4n) is 2.52. The van der Waals surface area contributed by atoms with Crippen LogP contribution in [-0.4, -0.2) is 51.9 Å². The van der Waals surface area contributed by atoms with Crippen LogP contribution in [0.4, 0.5) is 19.0 Å². The Morgan fingerprint density at radius 2 is 2.09 bits per heavy atom. The number of ether oxygens (including phenoxy) is 1. The number of alkyl halides is 3. The van der Waals surface area contributed by atoms with Crippen LogP contribution in [-0.2, 0) is 10.9 Å². The van der Waals surface area contributed by atoms with E-state index in [4.69, 9.17) is 4.74 Å². The second-order valence-corrected chi connectivity index (χ2v) is 4.96. The minimum atomic E-state index is -4.49. The van der Waals surface area contributed by atoms with Gasteiger partial charge in [0.1, 0.15) is 0 Å². The van der Waals surface area contributed by atoms with Crippen LogP contribution in [0.15, 0.2) is 18.3 Å². The van der Waals surface area contributed by atoms with Crippen LogP contribution in [0.3, 0.4) is 0 Å². The first-order valence-electron chi connectivity index (χ1n) is 6.53. The molecule has 2 aromatic heterocycles. The SMILES string of the molecule is CO[C@@H]1CN(c2ccc(C(F)(F)F)nn2)C[C@H]1c1cn[nH]n1. The summed E-state index contributed by atoms with van der Waals surface area (Å²) in [5.74, 6) is 0.342. The molecule has 1 saturated heterocycles. The van der Waals surface area contributed by atoms with Crippen molar-refractivity contribution in [3.63, 3.8) is 0 Å². The number of nitrogens with one attached hydrogen (secondary N) is 1. The average Bonchev–Trinajstić information content (AvgIpc) is 3.15. The zero-order valence-electron chi connectivity index (χ0n) is 11.6. The van der Waals surface area contributed by atoms with Crippen LogP contribution in [0, 0.1) is 0 Å². The Balaban J connectivity index is 1.79. The van der Waals surface area contributed by atoms with Crippen molar-refractivity contribution in [2.75, 3.05) is 25.1 Å². The highest BCUT2D eigenvalue weighted by Crippen LogP contribution is 2.32. The van der Waals surface area contributed by atoms with Crippen molar-refractivity contribution in [3.8, 4) is 0 Å². The maximum Gasteiger partial charge on any atom is 0.435 e. The topological polar surface area (TPSA) is 79.8 Å². The number of nitrogens with zero attached hydrogens (tertiary/aromatic N) is 5. The maximum absolute atomic E-state index is 12.5. The standard InChI is InChI=1S/C12H13F3N6O/c1-22-9-6-21(5-7(9)8-4-16-20-17-8)11-3-2-10(18-19-11)12(13,14)15/h2-4,7,9H,5-6H2,1H3,(H,16,17,20)/t7-,9+/m0/s1. The third-order valence-corrected chi connectivity index (χ3v) is 3.65. The van der Waals surface area contributed by atoms with E-state index in [1.807, 2.05) is 4.90 Å². The molecule has 0 aliphatic carbocycles. The largest absolute Gasteiger partial charge is 0.435 e. The maximum atomic E-state index is 12.5. The van der Waals surface area contributed by atoms with Gasteiger partial charge in [-0.3, -0.25) is 0 Å². The highest BCUT2D eigenvalue weighted by molar-refractivity contribution is 5.41. The van der Waals surface area contributed by atoms with Gasteiger partial charge in [-0.25, -0.2) is 0 Å². The normalized spacial score (nSPS) is 22.3. The van der Waals surface area contributed by atoms with Gasteiger partial charge in [-0.15, -0.1) is 10.2 Å². The summed E-state index contributed by atoms with van der Waals surface area (Å²) in [5.41, 5.74) is -0.263. The number of aromatic nitrogens is 5. The van der Waals surface area contributed by atoms with Crippen LogP contribution in [0.25, 0.3) is 0 Å². The van der Waals surface area contributed by atoms with Crippen molar-refractivity contribution in [1.29, 1.82) is 0 Å². The molecule has 118 valence electrons. The lowest BCUT2D eigenvalue weighted by molar-refractivity contribution is -0.141. The molecule has 1 aliphatic rings. The van der Waals surface area contributed by atoms with Crippen LogP contribution >= 0.6 is 0 Å². The number of hydrogen-bond donors (Lipinski definition) is 1. The molecule has 0 spiro atoms. The molecule has 0 bridgehead atoms. The van der Waals surface area contributed by atoms with E-state index in [9.17, 15) is 13.2 Å². The number of hydrogen-bond acceptors (Lipinski definition) is 6. The van der Waals surface area contributed by atoms with Crippen molar-refractivity contribution in [3.05, 3.63) is 29.7 Å². The van der Waals surface area contributed by atoms with Crippen LogP contribution < -0.4 is 4.90 Å². The van der Waals surface area contributed by atoms with Gasteiger partial charge in [0, 0.05) is 20.2 Å². The summed E-state index contributed by atoms with van der Waals surface area (Å²) in [4.78, 5) is 1.82. The zero-order valence-corrected chi connectivity index (χ0v) is 11.6. The van der Waals surface area contributed by atoms with E-state index in [2.05, 4.69) is 25.6 Å². The van der Waals surface area contributed by atoms with E-state index in [-0.39, 0.29) is 12.0 Å². The molecule has 0 unspecified atom stereocenters. The van der Waals surface area contributed by atoms with Gasteiger partial charge in [0.25, 0.3) is 0 Å². The summed E-state index contributed by atoms with van der Waals surface area (Å²) in [6.45, 7) is 1.01. The number of anilines is 1. The van der Waals surface area contributed by atoms with Gasteiger partial charge < -0.3 is 9.64 Å². The number of methoxy groups -OCH3 is 1. The summed E-state index contributed by atoms with van der Waals surface area (Å²) < 4.78 is 42.9. The lowest BCUT2D eigenvalue weighted by Gasteiger charge is -2.16. The van der Waals surface area contributed by atoms with Crippen LogP contribution in [0.2, 0.25) is 0 Å². The smallest absolute Gasteiger partial charge is 0.379 e. The number of halogens is 3. The van der Waals surface area contributed by atoms with E-state index < -0.39 is 11.9 Å². The van der Waals surface area contributed by atoms with Crippen molar-refractivity contribution < 1.29 is 17.9 Å². The fraction of sp³-hybridized carbons (Fsp3) is 0.500. The lowest BCUT2D eigenvalue weighted by atomic mass is 10.0. The quantitative estimate of drug-likeness (QED) is 0.918. The van der Waals surface area contributed by atoms with Gasteiger partial charge in [-0.2, -0.15) is 28.6 Å². The molecule has 1 aliphatic heterocycles. The van der Waals surface area contributed by atoms with E-state index in [0.717, 1.165) is 11.8 Å². The summed E-state index contributed by atoms with van der Waals surface area (Å²) in [6, 6.07) is 2.24. The summed E-state index contributed by atoms with van der Waals surface area (Å²) in [5, 5.41) is 17.3. The van der Waals surface area contributed by atoms with Crippen molar-refractivity contribution in [2.45, 2.75) is 18.2 Å². The highest BCUT2D eigenvalue weighted by Gasteiger charge is 2.37. The predicted molar refractivity (Wildman–Crippen MR) is 69.2 cm³/mol. The number of aromatic amines is 1. The molecule has 0 saturated carbocycles. The Labute approximate surface area is 123 Å². The molecule has 3 rings (SSSR count).